The molecule has 0 saturated carbocycles. The highest BCUT2D eigenvalue weighted by atomic mass is 16.5. The molecule has 0 aliphatic heterocycles. The lowest BCUT2D eigenvalue weighted by atomic mass is 10.1. The van der Waals surface area contributed by atoms with Crippen LogP contribution in [0.25, 0.3) is 21.5 Å². The molecule has 4 aromatic carbocycles. The molecule has 0 fully saturated rings. The Bertz CT molecular complexity index is 1030. The third-order valence-corrected chi connectivity index (χ3v) is 4.55. The Hall–Kier alpha value is -3.40. The fraction of sp³-hybridized carbons (Fsp3) is 0.333. The molecule has 4 heteroatoms. The van der Waals surface area contributed by atoms with Crippen LogP contribution in [0, 0.1) is 0 Å². The summed E-state index contributed by atoms with van der Waals surface area (Å²) >= 11 is 0. The molecule has 0 saturated heterocycles. The van der Waals surface area contributed by atoms with E-state index in [1.807, 2.05) is 114 Å². The summed E-state index contributed by atoms with van der Waals surface area (Å²) in [7, 11) is 6.70. The highest BCUT2D eigenvalue weighted by Gasteiger charge is 2.05. The SMILES string of the molecule is CC.CC.CC.COc1ccc(OC)c2ccccc12.COc1ccc2c(OC)cccc2c1. The lowest BCUT2D eigenvalue weighted by molar-refractivity contribution is 0.410. The van der Waals surface area contributed by atoms with Crippen molar-refractivity contribution in [2.75, 3.05) is 28.4 Å². The molecule has 34 heavy (non-hydrogen) atoms. The van der Waals surface area contributed by atoms with Gasteiger partial charge >= 0.3 is 0 Å². The minimum atomic E-state index is 0.866. The zero-order valence-electron chi connectivity index (χ0n) is 22.6. The molecule has 0 aliphatic rings. The lowest BCUT2D eigenvalue weighted by Crippen LogP contribution is -1.88. The maximum atomic E-state index is 5.27. The highest BCUT2D eigenvalue weighted by molar-refractivity contribution is 5.93. The Morgan fingerprint density at radius 2 is 0.882 bits per heavy atom. The van der Waals surface area contributed by atoms with Crippen molar-refractivity contribution in [3.05, 3.63) is 72.8 Å². The van der Waals surface area contributed by atoms with Crippen molar-refractivity contribution < 1.29 is 18.9 Å². The topological polar surface area (TPSA) is 36.9 Å². The fourth-order valence-corrected chi connectivity index (χ4v) is 3.14. The quantitative estimate of drug-likeness (QED) is 0.301. The predicted molar refractivity (Wildman–Crippen MR) is 148 cm³/mol. The van der Waals surface area contributed by atoms with Crippen LogP contribution in [-0.4, -0.2) is 28.4 Å². The third kappa shape index (κ3) is 8.18. The van der Waals surface area contributed by atoms with Crippen LogP contribution >= 0.6 is 0 Å². The van der Waals surface area contributed by atoms with Gasteiger partial charge in [-0.05, 0) is 41.8 Å². The monoisotopic (exact) mass is 466 g/mol. The van der Waals surface area contributed by atoms with Crippen molar-refractivity contribution in [1.29, 1.82) is 0 Å². The minimum Gasteiger partial charge on any atom is -0.497 e. The summed E-state index contributed by atoms with van der Waals surface area (Å²) in [6, 6.07) is 23.8. The Labute approximate surface area is 206 Å². The van der Waals surface area contributed by atoms with Crippen LogP contribution in [0.15, 0.2) is 72.8 Å². The molecule has 186 valence electrons. The Morgan fingerprint density at radius 1 is 0.412 bits per heavy atom. The van der Waals surface area contributed by atoms with Crippen molar-refractivity contribution >= 4 is 21.5 Å². The second-order valence-electron chi connectivity index (χ2n) is 6.06. The van der Waals surface area contributed by atoms with Gasteiger partial charge in [-0.25, -0.2) is 0 Å². The van der Waals surface area contributed by atoms with Gasteiger partial charge in [0, 0.05) is 16.2 Å². The number of hydrogen-bond donors (Lipinski definition) is 0. The second kappa shape index (κ2) is 18.1. The number of fused-ring (bicyclic) bond motifs is 2. The molecule has 4 rings (SSSR count). The molecule has 4 nitrogen and oxygen atoms in total. The molecular weight excluding hydrogens is 424 g/mol. The molecule has 0 aliphatic carbocycles. The van der Waals surface area contributed by atoms with Gasteiger partial charge in [-0.1, -0.05) is 77.9 Å². The van der Waals surface area contributed by atoms with Gasteiger partial charge in [0.05, 0.1) is 28.4 Å². The molecule has 0 heterocycles. The highest BCUT2D eigenvalue weighted by Crippen LogP contribution is 2.32. The summed E-state index contributed by atoms with van der Waals surface area (Å²) in [5.74, 6) is 3.51. The van der Waals surface area contributed by atoms with Gasteiger partial charge in [0.2, 0.25) is 0 Å². The van der Waals surface area contributed by atoms with E-state index in [0.717, 1.165) is 44.5 Å². The summed E-state index contributed by atoms with van der Waals surface area (Å²) in [5, 5.41) is 4.39. The van der Waals surface area contributed by atoms with E-state index < -0.39 is 0 Å². The standard InChI is InChI=1S/2C12H12O2.3C2H6/c1-13-10-6-7-11-9(8-10)4-3-5-12(11)14-2;1-13-11-7-8-12(14-2)10-6-4-3-5-9(10)11;3*1-2/h2*3-8H,1-2H3;3*1-2H3. The van der Waals surface area contributed by atoms with Gasteiger partial charge in [-0.2, -0.15) is 0 Å². The van der Waals surface area contributed by atoms with Gasteiger partial charge in [0.15, 0.2) is 0 Å². The molecular formula is C30H42O4. The summed E-state index contributed by atoms with van der Waals surface area (Å²) in [4.78, 5) is 0. The number of benzene rings is 4. The van der Waals surface area contributed by atoms with Crippen molar-refractivity contribution in [1.82, 2.24) is 0 Å². The van der Waals surface area contributed by atoms with Gasteiger partial charge in [0.1, 0.15) is 23.0 Å². The van der Waals surface area contributed by atoms with Crippen LogP contribution in [0.3, 0.4) is 0 Å². The van der Waals surface area contributed by atoms with Crippen LogP contribution in [0.1, 0.15) is 41.5 Å². The second-order valence-corrected chi connectivity index (χ2v) is 6.06. The zero-order valence-corrected chi connectivity index (χ0v) is 22.6. The third-order valence-electron chi connectivity index (χ3n) is 4.55. The van der Waals surface area contributed by atoms with Crippen LogP contribution in [0.4, 0.5) is 0 Å². The van der Waals surface area contributed by atoms with E-state index in [4.69, 9.17) is 18.9 Å². The molecule has 0 amide bonds. The van der Waals surface area contributed by atoms with E-state index in [9.17, 15) is 0 Å². The first-order valence-electron chi connectivity index (χ1n) is 11.9. The first kappa shape index (κ1) is 30.6. The summed E-state index contributed by atoms with van der Waals surface area (Å²) in [6.45, 7) is 12.0. The van der Waals surface area contributed by atoms with E-state index in [-0.39, 0.29) is 0 Å². The average Bonchev–Trinajstić information content (AvgIpc) is 2.95. The van der Waals surface area contributed by atoms with E-state index >= 15 is 0 Å². The largest absolute Gasteiger partial charge is 0.497 e. The average molecular weight is 467 g/mol. The van der Waals surface area contributed by atoms with E-state index in [1.165, 1.54) is 0 Å². The van der Waals surface area contributed by atoms with Gasteiger partial charge in [0.25, 0.3) is 0 Å². The minimum absolute atomic E-state index is 0.866. The molecule has 0 atom stereocenters. The Morgan fingerprint density at radius 3 is 1.32 bits per heavy atom. The predicted octanol–water partition coefficient (Wildman–Crippen LogP) is 8.79. The summed E-state index contributed by atoms with van der Waals surface area (Å²) in [6.07, 6.45) is 0. The van der Waals surface area contributed by atoms with Crippen LogP contribution in [0.2, 0.25) is 0 Å². The van der Waals surface area contributed by atoms with Crippen molar-refractivity contribution in [2.24, 2.45) is 0 Å². The van der Waals surface area contributed by atoms with Gasteiger partial charge in [-0.3, -0.25) is 0 Å². The van der Waals surface area contributed by atoms with Crippen molar-refractivity contribution in [2.45, 2.75) is 41.5 Å². The van der Waals surface area contributed by atoms with Crippen LogP contribution in [0.5, 0.6) is 23.0 Å². The van der Waals surface area contributed by atoms with Crippen molar-refractivity contribution in [3.8, 4) is 23.0 Å². The Balaban J connectivity index is 0.000000526. The number of rotatable bonds is 4. The first-order chi connectivity index (χ1) is 16.7. The maximum Gasteiger partial charge on any atom is 0.126 e. The molecule has 4 aromatic rings. The summed E-state index contributed by atoms with van der Waals surface area (Å²) in [5.41, 5.74) is 0. The van der Waals surface area contributed by atoms with E-state index in [1.54, 1.807) is 28.4 Å². The molecule has 0 unspecified atom stereocenters. The fourth-order valence-electron chi connectivity index (χ4n) is 3.14. The number of methoxy groups -OCH3 is 4. The summed E-state index contributed by atoms with van der Waals surface area (Å²) < 4.78 is 21.0. The van der Waals surface area contributed by atoms with Crippen LogP contribution in [-0.2, 0) is 0 Å². The van der Waals surface area contributed by atoms with Gasteiger partial charge in [-0.15, -0.1) is 0 Å². The van der Waals surface area contributed by atoms with E-state index in [2.05, 4.69) is 0 Å². The smallest absolute Gasteiger partial charge is 0.126 e. The number of ether oxygens (including phenoxy) is 4. The van der Waals surface area contributed by atoms with Crippen molar-refractivity contribution in [3.63, 3.8) is 0 Å². The molecule has 0 bridgehead atoms. The normalized spacial score (nSPS) is 8.88. The molecule has 0 spiro atoms. The maximum absolute atomic E-state index is 5.27. The molecule has 0 N–H and O–H groups in total. The zero-order chi connectivity index (χ0) is 25.9. The molecule has 0 aromatic heterocycles. The van der Waals surface area contributed by atoms with E-state index in [0.29, 0.717) is 0 Å². The van der Waals surface area contributed by atoms with Crippen LogP contribution < -0.4 is 18.9 Å². The molecule has 0 radical (unpaired) electrons. The van der Waals surface area contributed by atoms with Gasteiger partial charge < -0.3 is 18.9 Å². The Kier molecular flexibility index (Phi) is 16.3. The lowest BCUT2D eigenvalue weighted by Gasteiger charge is -2.08. The first-order valence-corrected chi connectivity index (χ1v) is 11.9. The number of hydrogen-bond acceptors (Lipinski definition) is 4.